The molecule has 0 amide bonds. The second kappa shape index (κ2) is 10.8. The minimum atomic E-state index is -1.83. The lowest BCUT2D eigenvalue weighted by atomic mass is 10.0. The van der Waals surface area contributed by atoms with E-state index < -0.39 is 36.0 Å². The number of benzene rings is 2. The zero-order chi connectivity index (χ0) is 25.7. The van der Waals surface area contributed by atoms with Gasteiger partial charge in [0.2, 0.25) is 11.9 Å². The van der Waals surface area contributed by atoms with Crippen molar-refractivity contribution in [1.82, 2.24) is 19.9 Å². The molecule has 4 aromatic rings. The fraction of sp³-hybridized carbons (Fsp3) is 0.182. The lowest BCUT2D eigenvalue weighted by Gasteiger charge is -2.21. The molecule has 2 aromatic heterocycles. The van der Waals surface area contributed by atoms with Crippen LogP contribution in [0.15, 0.2) is 68.3 Å². The molecule has 0 saturated heterocycles. The van der Waals surface area contributed by atoms with E-state index in [9.17, 15) is 24.9 Å². The number of fused-ring (bicyclic) bond motifs is 2. The molecule has 186 valence electrons. The first-order valence-electron chi connectivity index (χ1n) is 10.6. The molecule has 2 heterocycles. The van der Waals surface area contributed by atoms with Gasteiger partial charge in [0, 0.05) is 0 Å². The highest BCUT2D eigenvalue weighted by molar-refractivity contribution is 6.33. The number of aliphatic hydroxyl groups is 4. The number of hydrazone groups is 2. The van der Waals surface area contributed by atoms with Crippen molar-refractivity contribution in [3.63, 3.8) is 0 Å². The molecule has 14 nitrogen and oxygen atoms in total. The molecule has 0 spiro atoms. The van der Waals surface area contributed by atoms with E-state index in [-0.39, 0.29) is 17.6 Å². The van der Waals surface area contributed by atoms with Crippen molar-refractivity contribution in [1.29, 1.82) is 0 Å². The number of H-pyrrole nitrogens is 2. The zero-order valence-corrected chi connectivity index (χ0v) is 18.5. The molecule has 8 N–H and O–H groups in total. The van der Waals surface area contributed by atoms with Crippen molar-refractivity contribution in [2.75, 3.05) is 17.5 Å². The number of aromatic amines is 2. The second-order valence-corrected chi connectivity index (χ2v) is 7.57. The van der Waals surface area contributed by atoms with Crippen molar-refractivity contribution in [2.45, 2.75) is 18.3 Å². The van der Waals surface area contributed by atoms with Crippen LogP contribution in [0.25, 0.3) is 21.8 Å². The molecule has 14 heteroatoms. The maximum absolute atomic E-state index is 12.3. The van der Waals surface area contributed by atoms with Gasteiger partial charge in [-0.1, -0.05) is 24.3 Å². The third kappa shape index (κ3) is 5.42. The molecule has 3 atom stereocenters. The number of nitrogens with one attached hydrogen (secondary N) is 4. The Kier molecular flexibility index (Phi) is 7.41. The van der Waals surface area contributed by atoms with Gasteiger partial charge in [0.25, 0.3) is 11.1 Å². The predicted molar refractivity (Wildman–Crippen MR) is 133 cm³/mol. The van der Waals surface area contributed by atoms with Crippen LogP contribution in [0.3, 0.4) is 0 Å². The molecule has 0 aliphatic carbocycles. The summed E-state index contributed by atoms with van der Waals surface area (Å²) in [6.07, 6.45) is -4.34. The van der Waals surface area contributed by atoms with Gasteiger partial charge in [0.1, 0.15) is 24.0 Å². The van der Waals surface area contributed by atoms with Crippen LogP contribution < -0.4 is 22.0 Å². The molecule has 0 aliphatic rings. The molecule has 0 unspecified atom stereocenters. The van der Waals surface area contributed by atoms with E-state index in [0.29, 0.717) is 21.8 Å². The summed E-state index contributed by atoms with van der Waals surface area (Å²) in [6.45, 7) is -0.823. The highest BCUT2D eigenvalue weighted by atomic mass is 16.4. The number of rotatable bonds is 9. The molecule has 2 aromatic carbocycles. The number of hydrogen-bond donors (Lipinski definition) is 8. The first-order valence-corrected chi connectivity index (χ1v) is 10.6. The monoisotopic (exact) mass is 494 g/mol. The number of nitrogens with zero attached hydrogens (tertiary/aromatic N) is 4. The minimum Gasteiger partial charge on any atom is -0.394 e. The topological polar surface area (TPSA) is 221 Å². The molecule has 0 saturated carbocycles. The van der Waals surface area contributed by atoms with E-state index in [1.165, 1.54) is 0 Å². The van der Waals surface area contributed by atoms with Gasteiger partial charge in [-0.05, 0) is 24.3 Å². The number of aliphatic hydroxyl groups excluding tert-OH is 4. The Morgan fingerprint density at radius 2 is 1.42 bits per heavy atom. The number of para-hydroxylation sites is 2. The van der Waals surface area contributed by atoms with Crippen LogP contribution in [0.2, 0.25) is 0 Å². The van der Waals surface area contributed by atoms with E-state index in [2.05, 4.69) is 41.0 Å². The van der Waals surface area contributed by atoms with Crippen molar-refractivity contribution < 1.29 is 20.4 Å². The van der Waals surface area contributed by atoms with Gasteiger partial charge >= 0.3 is 0 Å². The quantitative estimate of drug-likeness (QED) is 0.106. The third-order valence-electron chi connectivity index (χ3n) is 5.09. The molecule has 0 radical (unpaired) electrons. The van der Waals surface area contributed by atoms with Crippen molar-refractivity contribution in [3.05, 3.63) is 69.2 Å². The summed E-state index contributed by atoms with van der Waals surface area (Å²) in [5.74, 6) is -0.0734. The Morgan fingerprint density at radius 3 is 1.97 bits per heavy atom. The number of hydrogen-bond acceptors (Lipinski definition) is 12. The summed E-state index contributed by atoms with van der Waals surface area (Å²) < 4.78 is 0. The molecule has 0 bridgehead atoms. The third-order valence-corrected chi connectivity index (χ3v) is 5.09. The molecular weight excluding hydrogens is 472 g/mol. The largest absolute Gasteiger partial charge is 0.394 e. The fourth-order valence-corrected chi connectivity index (χ4v) is 3.22. The van der Waals surface area contributed by atoms with E-state index in [1.54, 1.807) is 48.5 Å². The Labute approximate surface area is 201 Å². The average Bonchev–Trinajstić information content (AvgIpc) is 2.89. The van der Waals surface area contributed by atoms with Gasteiger partial charge in [-0.15, -0.1) is 0 Å². The SMILES string of the molecule is O=c1[nH]c(N/N=C\C(=N\Nc2nc3ccccc3c(=O)[nH]2)[C@H](O)[C@H](O)[C@H](O)CO)nc2ccccc12. The number of anilines is 2. The van der Waals surface area contributed by atoms with Crippen LogP contribution in [0.4, 0.5) is 11.9 Å². The van der Waals surface area contributed by atoms with Crippen LogP contribution in [-0.2, 0) is 0 Å². The van der Waals surface area contributed by atoms with Gasteiger partial charge in [0.05, 0.1) is 34.6 Å². The first kappa shape index (κ1) is 24.6. The molecule has 36 heavy (non-hydrogen) atoms. The summed E-state index contributed by atoms with van der Waals surface area (Å²) in [4.78, 5) is 37.9. The Hall–Kier alpha value is -4.50. The van der Waals surface area contributed by atoms with E-state index in [1.807, 2.05) is 0 Å². The highest BCUT2D eigenvalue weighted by Gasteiger charge is 2.28. The van der Waals surface area contributed by atoms with Gasteiger partial charge in [-0.3, -0.25) is 19.6 Å². The highest BCUT2D eigenvalue weighted by Crippen LogP contribution is 2.10. The van der Waals surface area contributed by atoms with Crippen LogP contribution >= 0.6 is 0 Å². The van der Waals surface area contributed by atoms with Crippen LogP contribution in [-0.4, -0.2) is 77.2 Å². The number of aromatic nitrogens is 4. The summed E-state index contributed by atoms with van der Waals surface area (Å²) in [7, 11) is 0. The maximum atomic E-state index is 12.3. The van der Waals surface area contributed by atoms with Gasteiger partial charge in [-0.2, -0.15) is 10.2 Å². The molecule has 0 aliphatic heterocycles. The lowest BCUT2D eigenvalue weighted by Crippen LogP contribution is -2.44. The average molecular weight is 494 g/mol. The Balaban J connectivity index is 1.61. The van der Waals surface area contributed by atoms with E-state index in [0.717, 1.165) is 6.21 Å². The standard InChI is InChI=1S/C22H22N8O6/c31-10-16(32)18(34)17(33)15(28-30-22-25-14-8-4-2-6-12(14)20(36)27-22)9-23-29-21-24-13-7-3-1-5-11(13)19(35)26-21/h1-9,16-18,31-34H,10H2,(H2,24,26,29,35)(H2,25,27,30,36)/b23-9-,28-15-/t16-,17+,18-/m1/s1. The van der Waals surface area contributed by atoms with Gasteiger partial charge in [0.15, 0.2) is 0 Å². The summed E-state index contributed by atoms with van der Waals surface area (Å²) >= 11 is 0. The van der Waals surface area contributed by atoms with Crippen LogP contribution in [0.5, 0.6) is 0 Å². The predicted octanol–water partition coefficient (Wildman–Crippen LogP) is -0.900. The summed E-state index contributed by atoms with van der Waals surface area (Å²) in [5.41, 5.74) is 4.61. The van der Waals surface area contributed by atoms with Crippen molar-refractivity contribution in [3.8, 4) is 0 Å². The molecular formula is C22H22N8O6. The maximum Gasteiger partial charge on any atom is 0.260 e. The van der Waals surface area contributed by atoms with E-state index >= 15 is 0 Å². The zero-order valence-electron chi connectivity index (χ0n) is 18.5. The first-order chi connectivity index (χ1) is 17.4. The van der Waals surface area contributed by atoms with Crippen molar-refractivity contribution in [2.24, 2.45) is 10.2 Å². The summed E-state index contributed by atoms with van der Waals surface area (Å²) in [5, 5.41) is 48.0. The Bertz CT molecular complexity index is 1550. The second-order valence-electron chi connectivity index (χ2n) is 7.57. The minimum absolute atomic E-state index is 0.00628. The lowest BCUT2D eigenvalue weighted by molar-refractivity contribution is -0.0548. The fourth-order valence-electron chi connectivity index (χ4n) is 3.22. The van der Waals surface area contributed by atoms with Crippen molar-refractivity contribution >= 4 is 45.6 Å². The van der Waals surface area contributed by atoms with Gasteiger partial charge < -0.3 is 20.4 Å². The van der Waals surface area contributed by atoms with Crippen LogP contribution in [0.1, 0.15) is 0 Å². The summed E-state index contributed by atoms with van der Waals surface area (Å²) in [6, 6.07) is 13.3. The molecule has 4 rings (SSSR count). The smallest absolute Gasteiger partial charge is 0.260 e. The van der Waals surface area contributed by atoms with Crippen LogP contribution in [0, 0.1) is 0 Å². The molecule has 0 fully saturated rings. The normalized spacial score (nSPS) is 14.7. The van der Waals surface area contributed by atoms with E-state index in [4.69, 9.17) is 5.11 Å². The van der Waals surface area contributed by atoms with Gasteiger partial charge in [-0.25, -0.2) is 20.8 Å². The Morgan fingerprint density at radius 1 is 0.889 bits per heavy atom.